The summed E-state index contributed by atoms with van der Waals surface area (Å²) in [7, 11) is 0. The number of primary amides is 1. The van der Waals surface area contributed by atoms with Gasteiger partial charge in [-0.1, -0.05) is 20.8 Å². The van der Waals surface area contributed by atoms with Crippen molar-refractivity contribution < 1.29 is 19.5 Å². The van der Waals surface area contributed by atoms with Crippen LogP contribution in [0.5, 0.6) is 0 Å². The van der Waals surface area contributed by atoms with Crippen LogP contribution in [0.1, 0.15) is 40.0 Å². The van der Waals surface area contributed by atoms with E-state index >= 15 is 0 Å². The van der Waals surface area contributed by atoms with E-state index in [0.717, 1.165) is 0 Å². The van der Waals surface area contributed by atoms with Crippen molar-refractivity contribution in [3.8, 4) is 0 Å². The molecule has 6 heteroatoms. The maximum atomic E-state index is 12.4. The molecule has 2 amide bonds. The molecule has 1 fully saturated rings. The molecule has 0 aromatic carbocycles. The molecule has 0 aliphatic carbocycles. The number of amides is 2. The first kappa shape index (κ1) is 16.5. The summed E-state index contributed by atoms with van der Waals surface area (Å²) in [6, 6.07) is 0. The minimum Gasteiger partial charge on any atom is -0.481 e. The first-order chi connectivity index (χ1) is 9.12. The van der Waals surface area contributed by atoms with E-state index in [0.29, 0.717) is 32.4 Å². The Morgan fingerprint density at radius 2 is 1.75 bits per heavy atom. The smallest absolute Gasteiger partial charge is 0.316 e. The van der Waals surface area contributed by atoms with Crippen LogP contribution in [0.4, 0.5) is 0 Å². The number of aliphatic carboxylic acids is 1. The van der Waals surface area contributed by atoms with Crippen molar-refractivity contribution in [1.82, 2.24) is 4.90 Å². The molecule has 1 rings (SSSR count). The second kappa shape index (κ2) is 6.24. The lowest BCUT2D eigenvalue weighted by Crippen LogP contribution is -2.48. The lowest BCUT2D eigenvalue weighted by Gasteiger charge is -2.36. The van der Waals surface area contributed by atoms with Gasteiger partial charge in [0.2, 0.25) is 11.8 Å². The highest BCUT2D eigenvalue weighted by Gasteiger charge is 2.40. The maximum absolute atomic E-state index is 12.4. The highest BCUT2D eigenvalue weighted by molar-refractivity contribution is 5.97. The fourth-order valence-corrected chi connectivity index (χ4v) is 2.67. The third-order valence-corrected chi connectivity index (χ3v) is 3.78. The number of carboxylic acids is 1. The number of piperidine rings is 1. The Bertz CT molecular complexity index is 392. The van der Waals surface area contributed by atoms with Crippen LogP contribution in [0.2, 0.25) is 0 Å². The molecule has 3 N–H and O–H groups in total. The average molecular weight is 284 g/mol. The van der Waals surface area contributed by atoms with Crippen LogP contribution in [-0.4, -0.2) is 40.9 Å². The number of carbonyl (C=O) groups is 3. The molecule has 1 aliphatic heterocycles. The van der Waals surface area contributed by atoms with Gasteiger partial charge in [0, 0.05) is 19.5 Å². The van der Waals surface area contributed by atoms with Gasteiger partial charge < -0.3 is 15.7 Å². The molecule has 1 heterocycles. The summed E-state index contributed by atoms with van der Waals surface area (Å²) in [5.41, 5.74) is 4.55. The van der Waals surface area contributed by atoms with Gasteiger partial charge in [0.1, 0.15) is 5.92 Å². The normalized spacial score (nSPS) is 18.6. The van der Waals surface area contributed by atoms with E-state index < -0.39 is 17.3 Å². The van der Waals surface area contributed by atoms with Gasteiger partial charge >= 0.3 is 5.97 Å². The van der Waals surface area contributed by atoms with Gasteiger partial charge in [0.05, 0.1) is 0 Å². The van der Waals surface area contributed by atoms with E-state index in [9.17, 15) is 19.5 Å². The van der Waals surface area contributed by atoms with Crippen LogP contribution in [-0.2, 0) is 14.4 Å². The Kier molecular flexibility index (Phi) is 5.14. The first-order valence-electron chi connectivity index (χ1n) is 6.93. The van der Waals surface area contributed by atoms with Crippen molar-refractivity contribution in [1.29, 1.82) is 0 Å². The topological polar surface area (TPSA) is 101 Å². The minimum absolute atomic E-state index is 0.203. The number of nitrogens with two attached hydrogens (primary N) is 1. The van der Waals surface area contributed by atoms with Gasteiger partial charge in [-0.05, 0) is 24.2 Å². The predicted octanol–water partition coefficient (Wildman–Crippen LogP) is 0.847. The molecule has 0 saturated carbocycles. The number of hydrogen-bond donors (Lipinski definition) is 2. The molecular weight excluding hydrogens is 260 g/mol. The molecule has 1 unspecified atom stereocenters. The van der Waals surface area contributed by atoms with Gasteiger partial charge in [-0.15, -0.1) is 0 Å². The summed E-state index contributed by atoms with van der Waals surface area (Å²) in [4.78, 5) is 36.2. The van der Waals surface area contributed by atoms with Crippen LogP contribution >= 0.6 is 0 Å². The van der Waals surface area contributed by atoms with Crippen LogP contribution in [0.3, 0.4) is 0 Å². The molecule has 0 aromatic heterocycles. The highest BCUT2D eigenvalue weighted by atomic mass is 16.4. The van der Waals surface area contributed by atoms with Gasteiger partial charge in [-0.3, -0.25) is 14.4 Å². The molecule has 20 heavy (non-hydrogen) atoms. The zero-order valence-electron chi connectivity index (χ0n) is 12.4. The highest BCUT2D eigenvalue weighted by Crippen LogP contribution is 2.30. The molecule has 1 saturated heterocycles. The largest absolute Gasteiger partial charge is 0.481 e. The Morgan fingerprint density at radius 1 is 1.25 bits per heavy atom. The van der Waals surface area contributed by atoms with Gasteiger partial charge in [-0.2, -0.15) is 0 Å². The summed E-state index contributed by atoms with van der Waals surface area (Å²) in [6.07, 6.45) is 1.74. The van der Waals surface area contributed by atoms with Crippen LogP contribution < -0.4 is 5.73 Å². The predicted molar refractivity (Wildman–Crippen MR) is 73.7 cm³/mol. The van der Waals surface area contributed by atoms with Crippen molar-refractivity contribution in [2.24, 2.45) is 23.0 Å². The van der Waals surface area contributed by atoms with Crippen molar-refractivity contribution in [3.05, 3.63) is 0 Å². The molecular formula is C14H24N2O4. The fourth-order valence-electron chi connectivity index (χ4n) is 2.67. The molecule has 6 nitrogen and oxygen atoms in total. The zero-order chi connectivity index (χ0) is 15.5. The monoisotopic (exact) mass is 284 g/mol. The van der Waals surface area contributed by atoms with Crippen LogP contribution in [0, 0.1) is 17.3 Å². The third kappa shape index (κ3) is 4.21. The molecule has 0 bridgehead atoms. The van der Waals surface area contributed by atoms with E-state index in [1.54, 1.807) is 25.7 Å². The summed E-state index contributed by atoms with van der Waals surface area (Å²) in [6.45, 7) is 6.25. The molecule has 0 spiro atoms. The van der Waals surface area contributed by atoms with E-state index in [4.69, 9.17) is 5.73 Å². The fraction of sp³-hybridized carbons (Fsp3) is 0.786. The standard InChI is InChI=1S/C14H24N2O4/c1-14(2,3)11(13(19)20)12(18)16-6-4-9(5-7-16)8-10(15)17/h9,11H,4-8H2,1-3H3,(H2,15,17)(H,19,20). The number of carbonyl (C=O) groups excluding carboxylic acids is 2. The quantitative estimate of drug-likeness (QED) is 0.747. The van der Waals surface area contributed by atoms with Crippen molar-refractivity contribution in [2.75, 3.05) is 13.1 Å². The molecule has 0 aromatic rings. The van der Waals surface area contributed by atoms with Crippen molar-refractivity contribution in [2.45, 2.75) is 40.0 Å². The molecule has 0 radical (unpaired) electrons. The minimum atomic E-state index is -1.08. The molecule has 1 aliphatic rings. The second-order valence-corrected chi connectivity index (χ2v) is 6.58. The van der Waals surface area contributed by atoms with Gasteiger partial charge in [0.25, 0.3) is 0 Å². The Balaban J connectivity index is 2.66. The maximum Gasteiger partial charge on any atom is 0.316 e. The van der Waals surface area contributed by atoms with Crippen molar-refractivity contribution >= 4 is 17.8 Å². The lowest BCUT2D eigenvalue weighted by atomic mass is 9.79. The lowest BCUT2D eigenvalue weighted by molar-refractivity contribution is -0.156. The summed E-state index contributed by atoms with van der Waals surface area (Å²) < 4.78 is 0. The molecule has 114 valence electrons. The Hall–Kier alpha value is -1.59. The summed E-state index contributed by atoms with van der Waals surface area (Å²) >= 11 is 0. The van der Waals surface area contributed by atoms with E-state index in [1.807, 2.05) is 0 Å². The van der Waals surface area contributed by atoms with E-state index in [-0.39, 0.29) is 17.7 Å². The zero-order valence-corrected chi connectivity index (χ0v) is 12.4. The third-order valence-electron chi connectivity index (χ3n) is 3.78. The Labute approximate surface area is 119 Å². The van der Waals surface area contributed by atoms with E-state index in [1.165, 1.54) is 0 Å². The molecule has 1 atom stereocenters. The summed E-state index contributed by atoms with van der Waals surface area (Å²) in [5, 5.41) is 9.27. The number of carboxylic acid groups (broad SMARTS) is 1. The number of hydrogen-bond acceptors (Lipinski definition) is 3. The van der Waals surface area contributed by atoms with E-state index in [2.05, 4.69) is 0 Å². The van der Waals surface area contributed by atoms with Gasteiger partial charge in [-0.25, -0.2) is 0 Å². The van der Waals surface area contributed by atoms with Crippen LogP contribution in [0.25, 0.3) is 0 Å². The Morgan fingerprint density at radius 3 is 2.10 bits per heavy atom. The summed E-state index contributed by atoms with van der Waals surface area (Å²) in [5.74, 6) is -2.57. The number of likely N-dealkylation sites (tertiary alicyclic amines) is 1. The van der Waals surface area contributed by atoms with Crippen LogP contribution in [0.15, 0.2) is 0 Å². The second-order valence-electron chi connectivity index (χ2n) is 6.58. The number of rotatable bonds is 4. The first-order valence-corrected chi connectivity index (χ1v) is 6.93. The average Bonchev–Trinajstić information content (AvgIpc) is 2.26. The van der Waals surface area contributed by atoms with Gasteiger partial charge in [0.15, 0.2) is 0 Å². The SMILES string of the molecule is CC(C)(C)C(C(=O)O)C(=O)N1CCC(CC(N)=O)CC1. The number of nitrogens with zero attached hydrogens (tertiary/aromatic N) is 1. The van der Waals surface area contributed by atoms with Crippen molar-refractivity contribution in [3.63, 3.8) is 0 Å².